The fraction of sp³-hybridized carbons (Fsp3) is 0.240. The molecular weight excluding hydrogens is 406 g/mol. The first-order valence-electron chi connectivity index (χ1n) is 10.6. The molecule has 0 fully saturated rings. The molecule has 1 aliphatic heterocycles. The minimum Gasteiger partial charge on any atom is -0.457 e. The summed E-state index contributed by atoms with van der Waals surface area (Å²) in [5.41, 5.74) is 4.75. The molecule has 5 nitrogen and oxygen atoms in total. The Balaban J connectivity index is 1.29. The number of para-hydroxylation sites is 1. The zero-order valence-corrected chi connectivity index (χ0v) is 17.9. The van der Waals surface area contributed by atoms with Gasteiger partial charge in [-0.2, -0.15) is 0 Å². The number of carbonyl (C=O) groups excluding carboxylic acids is 1. The molecule has 1 aliphatic carbocycles. The molecule has 2 aromatic carbocycles. The highest BCUT2D eigenvalue weighted by Crippen LogP contribution is 2.47. The summed E-state index contributed by atoms with van der Waals surface area (Å²) >= 11 is 1.81. The maximum Gasteiger partial charge on any atom is 0.225 e. The average Bonchev–Trinajstić information content (AvgIpc) is 3.35. The zero-order chi connectivity index (χ0) is 20.9. The number of benzene rings is 2. The van der Waals surface area contributed by atoms with Crippen molar-refractivity contribution in [3.8, 4) is 11.5 Å². The first-order valence-corrected chi connectivity index (χ1v) is 11.4. The standard InChI is InChI=1S/C25H21N3O2S/c1-14-18-13-16(30-21-10-11-26-24-17(21)8-9-23(29)28-24)7-6-15(18)12-19(14)25-27-20-4-2-3-5-22(20)31-25/h2-7,10-11,13-14,19H,8-9,12H2,1H3,(H,26,28,29). The lowest BCUT2D eigenvalue weighted by Crippen LogP contribution is -2.20. The third kappa shape index (κ3) is 3.18. The van der Waals surface area contributed by atoms with Gasteiger partial charge < -0.3 is 10.1 Å². The van der Waals surface area contributed by atoms with Gasteiger partial charge >= 0.3 is 0 Å². The van der Waals surface area contributed by atoms with Gasteiger partial charge in [0.05, 0.1) is 15.2 Å². The molecule has 4 aromatic rings. The van der Waals surface area contributed by atoms with Gasteiger partial charge in [0.25, 0.3) is 0 Å². The number of amides is 1. The van der Waals surface area contributed by atoms with Gasteiger partial charge in [0.2, 0.25) is 5.91 Å². The van der Waals surface area contributed by atoms with Crippen LogP contribution in [0.4, 0.5) is 5.82 Å². The number of nitrogens with one attached hydrogen (secondary N) is 1. The summed E-state index contributed by atoms with van der Waals surface area (Å²) in [5.74, 6) is 2.97. The summed E-state index contributed by atoms with van der Waals surface area (Å²) in [4.78, 5) is 20.9. The normalized spacial score (nSPS) is 19.7. The molecule has 2 aromatic heterocycles. The maximum absolute atomic E-state index is 11.7. The average molecular weight is 428 g/mol. The van der Waals surface area contributed by atoms with Crippen molar-refractivity contribution in [2.75, 3.05) is 5.32 Å². The van der Waals surface area contributed by atoms with Crippen LogP contribution in [0.1, 0.15) is 46.9 Å². The first-order chi connectivity index (χ1) is 15.2. The smallest absolute Gasteiger partial charge is 0.225 e. The lowest BCUT2D eigenvalue weighted by atomic mass is 9.95. The molecule has 2 atom stereocenters. The fourth-order valence-corrected chi connectivity index (χ4v) is 5.88. The Hall–Kier alpha value is -3.25. The predicted molar refractivity (Wildman–Crippen MR) is 122 cm³/mol. The third-order valence-corrected chi connectivity index (χ3v) is 7.55. The molecule has 2 unspecified atom stereocenters. The van der Waals surface area contributed by atoms with Crippen LogP contribution in [0, 0.1) is 0 Å². The summed E-state index contributed by atoms with van der Waals surface area (Å²) in [6.07, 6.45) is 3.79. The van der Waals surface area contributed by atoms with E-state index >= 15 is 0 Å². The molecule has 2 aliphatic rings. The fourth-order valence-electron chi connectivity index (χ4n) is 4.71. The monoisotopic (exact) mass is 427 g/mol. The number of fused-ring (bicyclic) bond motifs is 3. The van der Waals surface area contributed by atoms with E-state index in [4.69, 9.17) is 9.72 Å². The molecule has 0 saturated heterocycles. The van der Waals surface area contributed by atoms with Crippen LogP contribution in [-0.4, -0.2) is 15.9 Å². The lowest BCUT2D eigenvalue weighted by Gasteiger charge is -2.19. The number of anilines is 1. The van der Waals surface area contributed by atoms with Gasteiger partial charge in [0, 0.05) is 24.1 Å². The highest BCUT2D eigenvalue weighted by atomic mass is 32.1. The third-order valence-electron chi connectivity index (χ3n) is 6.38. The van der Waals surface area contributed by atoms with Crippen LogP contribution in [0.3, 0.4) is 0 Å². The molecule has 3 heterocycles. The van der Waals surface area contributed by atoms with E-state index < -0.39 is 0 Å². The molecule has 0 bridgehead atoms. The largest absolute Gasteiger partial charge is 0.457 e. The summed E-state index contributed by atoms with van der Waals surface area (Å²) in [6.45, 7) is 2.29. The predicted octanol–water partition coefficient (Wildman–Crippen LogP) is 5.81. The van der Waals surface area contributed by atoms with Crippen LogP contribution < -0.4 is 10.1 Å². The summed E-state index contributed by atoms with van der Waals surface area (Å²) < 4.78 is 7.52. The topological polar surface area (TPSA) is 64.1 Å². The summed E-state index contributed by atoms with van der Waals surface area (Å²) in [6, 6.07) is 16.6. The van der Waals surface area contributed by atoms with Crippen LogP contribution >= 0.6 is 11.3 Å². The van der Waals surface area contributed by atoms with E-state index in [2.05, 4.69) is 47.6 Å². The van der Waals surface area contributed by atoms with Crippen molar-refractivity contribution in [2.24, 2.45) is 0 Å². The van der Waals surface area contributed by atoms with Gasteiger partial charge in [0.1, 0.15) is 17.3 Å². The molecular formula is C25H21N3O2S. The Labute approximate surface area is 184 Å². The molecule has 0 radical (unpaired) electrons. The van der Waals surface area contributed by atoms with E-state index in [0.29, 0.717) is 30.5 Å². The van der Waals surface area contributed by atoms with Gasteiger partial charge in [-0.3, -0.25) is 4.79 Å². The molecule has 154 valence electrons. The van der Waals surface area contributed by atoms with E-state index in [1.54, 1.807) is 6.20 Å². The van der Waals surface area contributed by atoms with Crippen LogP contribution in [0.5, 0.6) is 11.5 Å². The molecule has 6 heteroatoms. The van der Waals surface area contributed by atoms with Crippen LogP contribution in [0.2, 0.25) is 0 Å². The Morgan fingerprint density at radius 1 is 1.13 bits per heavy atom. The van der Waals surface area contributed by atoms with E-state index in [1.807, 2.05) is 29.5 Å². The number of hydrogen-bond acceptors (Lipinski definition) is 5. The van der Waals surface area contributed by atoms with Gasteiger partial charge in [-0.25, -0.2) is 9.97 Å². The Morgan fingerprint density at radius 2 is 2.03 bits per heavy atom. The number of ether oxygens (including phenoxy) is 1. The molecule has 0 saturated carbocycles. The minimum atomic E-state index is 0.00407. The SMILES string of the molecule is CC1c2cc(Oc3ccnc4c3CCC(=O)N4)ccc2CC1c1nc2ccccc2s1. The first kappa shape index (κ1) is 18.5. The van der Waals surface area contributed by atoms with Gasteiger partial charge in [-0.1, -0.05) is 25.1 Å². The van der Waals surface area contributed by atoms with Crippen molar-refractivity contribution in [1.82, 2.24) is 9.97 Å². The number of hydrogen-bond donors (Lipinski definition) is 1. The second kappa shape index (κ2) is 7.17. The van der Waals surface area contributed by atoms with Gasteiger partial charge in [0.15, 0.2) is 0 Å². The van der Waals surface area contributed by atoms with E-state index in [0.717, 1.165) is 29.0 Å². The van der Waals surface area contributed by atoms with Crippen LogP contribution in [-0.2, 0) is 17.6 Å². The van der Waals surface area contributed by atoms with E-state index in [1.165, 1.54) is 20.8 Å². The number of aromatic nitrogens is 2. The van der Waals surface area contributed by atoms with Crippen molar-refractivity contribution < 1.29 is 9.53 Å². The Morgan fingerprint density at radius 3 is 2.94 bits per heavy atom. The maximum atomic E-state index is 11.7. The van der Waals surface area contributed by atoms with Crippen LogP contribution in [0.15, 0.2) is 54.7 Å². The molecule has 31 heavy (non-hydrogen) atoms. The minimum absolute atomic E-state index is 0.00407. The molecule has 0 spiro atoms. The van der Waals surface area contributed by atoms with E-state index in [9.17, 15) is 4.79 Å². The van der Waals surface area contributed by atoms with Gasteiger partial charge in [-0.15, -0.1) is 11.3 Å². The summed E-state index contributed by atoms with van der Waals surface area (Å²) in [7, 11) is 0. The van der Waals surface area contributed by atoms with Crippen molar-refractivity contribution in [3.05, 3.63) is 76.4 Å². The second-order valence-electron chi connectivity index (χ2n) is 8.27. The van der Waals surface area contributed by atoms with Gasteiger partial charge in [-0.05, 0) is 60.2 Å². The molecule has 1 amide bonds. The lowest BCUT2D eigenvalue weighted by molar-refractivity contribution is -0.116. The quantitative estimate of drug-likeness (QED) is 0.448. The van der Waals surface area contributed by atoms with Crippen molar-refractivity contribution in [3.63, 3.8) is 0 Å². The second-order valence-corrected chi connectivity index (χ2v) is 9.33. The Kier molecular flexibility index (Phi) is 4.28. The van der Waals surface area contributed by atoms with E-state index in [-0.39, 0.29) is 5.91 Å². The van der Waals surface area contributed by atoms with Crippen LogP contribution in [0.25, 0.3) is 10.2 Å². The van der Waals surface area contributed by atoms with Crippen molar-refractivity contribution >= 4 is 33.3 Å². The highest BCUT2D eigenvalue weighted by Gasteiger charge is 2.33. The number of thiazole rings is 1. The molecule has 6 rings (SSSR count). The Bertz CT molecular complexity index is 1300. The number of carbonyl (C=O) groups is 1. The zero-order valence-electron chi connectivity index (χ0n) is 17.1. The van der Waals surface area contributed by atoms with Crippen molar-refractivity contribution in [1.29, 1.82) is 0 Å². The summed E-state index contributed by atoms with van der Waals surface area (Å²) in [5, 5.41) is 4.05. The molecule has 1 N–H and O–H groups in total. The highest BCUT2D eigenvalue weighted by molar-refractivity contribution is 7.18. The number of pyridine rings is 1. The van der Waals surface area contributed by atoms with Crippen molar-refractivity contribution in [2.45, 2.75) is 38.0 Å². The number of rotatable bonds is 3. The number of nitrogens with zero attached hydrogens (tertiary/aromatic N) is 2.